The van der Waals surface area contributed by atoms with Crippen LogP contribution in [-0.4, -0.2) is 28.4 Å². The summed E-state index contributed by atoms with van der Waals surface area (Å²) in [6, 6.07) is 14.3. The minimum absolute atomic E-state index is 0.0571. The molecule has 0 radical (unpaired) electrons. The van der Waals surface area contributed by atoms with Crippen molar-refractivity contribution in [3.63, 3.8) is 0 Å². The Morgan fingerprint density at radius 2 is 1.97 bits per heavy atom. The molecule has 0 saturated carbocycles. The molecule has 156 valence electrons. The van der Waals surface area contributed by atoms with Crippen molar-refractivity contribution in [1.82, 2.24) is 15.2 Å². The topological polar surface area (TPSA) is 45.2 Å². The normalized spacial score (nSPS) is 19.0. The van der Waals surface area contributed by atoms with Crippen molar-refractivity contribution in [3.8, 4) is 0 Å². The lowest BCUT2D eigenvalue weighted by Crippen LogP contribution is -2.44. The molecule has 1 saturated heterocycles. The van der Waals surface area contributed by atoms with E-state index in [0.29, 0.717) is 6.04 Å². The average Bonchev–Trinajstić information content (AvgIpc) is 2.70. The summed E-state index contributed by atoms with van der Waals surface area (Å²) in [6.07, 6.45) is 6.19. The van der Waals surface area contributed by atoms with Crippen molar-refractivity contribution in [1.29, 1.82) is 0 Å². The van der Waals surface area contributed by atoms with Gasteiger partial charge in [-0.25, -0.2) is 0 Å². The molecule has 1 amide bonds. The molecule has 4 nitrogen and oxygen atoms in total. The molecule has 1 N–H and O–H groups in total. The van der Waals surface area contributed by atoms with Crippen LogP contribution in [0.15, 0.2) is 48.7 Å². The number of benzene rings is 1. The number of carbonyl (C=O) groups excluding carboxylic acids is 1. The molecule has 1 aliphatic heterocycles. The molecule has 2 atom stereocenters. The van der Waals surface area contributed by atoms with Gasteiger partial charge in [-0.3, -0.25) is 14.7 Å². The van der Waals surface area contributed by atoms with Gasteiger partial charge in [0.2, 0.25) is 5.91 Å². The van der Waals surface area contributed by atoms with E-state index >= 15 is 0 Å². The molecule has 1 aromatic carbocycles. The molecule has 1 aliphatic rings. The van der Waals surface area contributed by atoms with E-state index in [2.05, 4.69) is 21.3 Å². The van der Waals surface area contributed by atoms with Crippen molar-refractivity contribution in [3.05, 3.63) is 64.9 Å². The Hall–Kier alpha value is -1.91. The van der Waals surface area contributed by atoms with Gasteiger partial charge < -0.3 is 5.32 Å². The Balaban J connectivity index is 1.78. The zero-order valence-corrected chi connectivity index (χ0v) is 18.5. The maximum absolute atomic E-state index is 12.7. The van der Waals surface area contributed by atoms with E-state index in [9.17, 15) is 4.79 Å². The van der Waals surface area contributed by atoms with Crippen molar-refractivity contribution < 1.29 is 4.79 Å². The summed E-state index contributed by atoms with van der Waals surface area (Å²) in [5, 5.41) is 4.08. The number of pyridine rings is 1. The lowest BCUT2D eigenvalue weighted by Gasteiger charge is -2.38. The molecule has 0 unspecified atom stereocenters. The smallest absolute Gasteiger partial charge is 0.225 e. The first-order valence-electron chi connectivity index (χ1n) is 10.5. The van der Waals surface area contributed by atoms with Gasteiger partial charge in [-0.15, -0.1) is 0 Å². The van der Waals surface area contributed by atoms with Crippen molar-refractivity contribution in [2.24, 2.45) is 5.41 Å². The van der Waals surface area contributed by atoms with E-state index in [0.717, 1.165) is 42.2 Å². The van der Waals surface area contributed by atoms with E-state index in [4.69, 9.17) is 11.6 Å². The van der Waals surface area contributed by atoms with E-state index in [1.807, 2.05) is 57.2 Å². The number of carbonyl (C=O) groups is 1. The fourth-order valence-electron chi connectivity index (χ4n) is 3.86. The lowest BCUT2D eigenvalue weighted by atomic mass is 9.91. The SMILES string of the molecule is CC(C)(C)C(=O)N[C@H](C[C@@H]1CCCCN1Cc1ccccc1Cl)c1ccccn1. The summed E-state index contributed by atoms with van der Waals surface area (Å²) in [4.78, 5) is 19.8. The van der Waals surface area contributed by atoms with Gasteiger partial charge >= 0.3 is 0 Å². The van der Waals surface area contributed by atoms with Crippen LogP contribution in [0.2, 0.25) is 5.02 Å². The number of halogens is 1. The molecule has 0 spiro atoms. The van der Waals surface area contributed by atoms with Crippen LogP contribution in [0.5, 0.6) is 0 Å². The molecule has 5 heteroatoms. The van der Waals surface area contributed by atoms with Gasteiger partial charge in [0.15, 0.2) is 0 Å². The van der Waals surface area contributed by atoms with Gasteiger partial charge in [-0.1, -0.05) is 63.1 Å². The number of piperidine rings is 1. The number of aromatic nitrogens is 1. The number of amides is 1. The fourth-order valence-corrected chi connectivity index (χ4v) is 4.06. The molecule has 0 aliphatic carbocycles. The number of hydrogen-bond donors (Lipinski definition) is 1. The molecular formula is C24H32ClN3O. The maximum Gasteiger partial charge on any atom is 0.225 e. The number of hydrogen-bond acceptors (Lipinski definition) is 3. The summed E-state index contributed by atoms with van der Waals surface area (Å²) < 4.78 is 0. The fraction of sp³-hybridized carbons (Fsp3) is 0.500. The lowest BCUT2D eigenvalue weighted by molar-refractivity contribution is -0.129. The maximum atomic E-state index is 12.7. The van der Waals surface area contributed by atoms with Crippen LogP contribution in [0.25, 0.3) is 0 Å². The predicted octanol–water partition coefficient (Wildman–Crippen LogP) is 5.38. The summed E-state index contributed by atoms with van der Waals surface area (Å²) in [5.41, 5.74) is 1.65. The van der Waals surface area contributed by atoms with Gasteiger partial charge in [-0.05, 0) is 49.6 Å². The third-order valence-corrected chi connectivity index (χ3v) is 5.99. The van der Waals surface area contributed by atoms with Gasteiger partial charge in [0, 0.05) is 29.2 Å². The van der Waals surface area contributed by atoms with Gasteiger partial charge in [0.25, 0.3) is 0 Å². The molecular weight excluding hydrogens is 382 g/mol. The van der Waals surface area contributed by atoms with Crippen molar-refractivity contribution in [2.75, 3.05) is 6.54 Å². The Morgan fingerprint density at radius 1 is 1.21 bits per heavy atom. The highest BCUT2D eigenvalue weighted by Gasteiger charge is 2.30. The molecule has 3 rings (SSSR count). The van der Waals surface area contributed by atoms with Crippen LogP contribution in [0, 0.1) is 5.41 Å². The average molecular weight is 414 g/mol. The third-order valence-electron chi connectivity index (χ3n) is 5.62. The summed E-state index contributed by atoms with van der Waals surface area (Å²) in [6.45, 7) is 7.73. The van der Waals surface area contributed by atoms with Crippen LogP contribution in [0.3, 0.4) is 0 Å². The van der Waals surface area contributed by atoms with Gasteiger partial charge in [-0.2, -0.15) is 0 Å². The third kappa shape index (κ3) is 6.03. The highest BCUT2D eigenvalue weighted by Crippen LogP contribution is 2.29. The largest absolute Gasteiger partial charge is 0.347 e. The summed E-state index contributed by atoms with van der Waals surface area (Å²) in [5.74, 6) is 0.0571. The zero-order chi connectivity index (χ0) is 20.9. The molecule has 2 aromatic rings. The van der Waals surface area contributed by atoms with E-state index in [1.54, 1.807) is 6.20 Å². The summed E-state index contributed by atoms with van der Waals surface area (Å²) >= 11 is 6.42. The predicted molar refractivity (Wildman–Crippen MR) is 119 cm³/mol. The second kappa shape index (κ2) is 9.73. The van der Waals surface area contributed by atoms with E-state index < -0.39 is 5.41 Å². The molecule has 0 bridgehead atoms. The van der Waals surface area contributed by atoms with Crippen molar-refractivity contribution in [2.45, 2.75) is 65.1 Å². The van der Waals surface area contributed by atoms with Gasteiger partial charge in [0.1, 0.15) is 0 Å². The second-order valence-corrected chi connectivity index (χ2v) is 9.39. The van der Waals surface area contributed by atoms with Crippen LogP contribution in [0.4, 0.5) is 0 Å². The van der Waals surface area contributed by atoms with E-state index in [1.165, 1.54) is 12.8 Å². The number of rotatable bonds is 6. The quantitative estimate of drug-likeness (QED) is 0.691. The monoisotopic (exact) mass is 413 g/mol. The minimum Gasteiger partial charge on any atom is -0.347 e. The number of nitrogens with zero attached hydrogens (tertiary/aromatic N) is 2. The second-order valence-electron chi connectivity index (χ2n) is 8.98. The Bertz CT molecular complexity index is 803. The number of likely N-dealkylation sites (tertiary alicyclic amines) is 1. The number of nitrogens with one attached hydrogen (secondary N) is 1. The highest BCUT2D eigenvalue weighted by atomic mass is 35.5. The Kier molecular flexibility index (Phi) is 7.31. The first-order chi connectivity index (χ1) is 13.8. The molecule has 1 aromatic heterocycles. The zero-order valence-electron chi connectivity index (χ0n) is 17.7. The van der Waals surface area contributed by atoms with E-state index in [-0.39, 0.29) is 11.9 Å². The Labute approximate surface area is 179 Å². The summed E-state index contributed by atoms with van der Waals surface area (Å²) in [7, 11) is 0. The highest BCUT2D eigenvalue weighted by molar-refractivity contribution is 6.31. The van der Waals surface area contributed by atoms with Crippen LogP contribution in [-0.2, 0) is 11.3 Å². The van der Waals surface area contributed by atoms with Crippen LogP contribution >= 0.6 is 11.6 Å². The van der Waals surface area contributed by atoms with Crippen LogP contribution < -0.4 is 5.32 Å². The minimum atomic E-state index is -0.434. The molecule has 29 heavy (non-hydrogen) atoms. The first kappa shape index (κ1) is 21.8. The first-order valence-corrected chi connectivity index (χ1v) is 10.9. The Morgan fingerprint density at radius 3 is 2.66 bits per heavy atom. The standard InChI is InChI=1S/C24H32ClN3O/c1-24(2,3)23(29)27-22(21-13-6-8-14-26-21)16-19-11-7-9-15-28(19)17-18-10-4-5-12-20(18)25/h4-6,8,10,12-14,19,22H,7,9,11,15-17H2,1-3H3,(H,27,29)/t19-,22+/m0/s1. The van der Waals surface area contributed by atoms with Gasteiger partial charge in [0.05, 0.1) is 11.7 Å². The van der Waals surface area contributed by atoms with Crippen molar-refractivity contribution >= 4 is 17.5 Å². The molecule has 2 heterocycles. The van der Waals surface area contributed by atoms with Crippen LogP contribution in [0.1, 0.15) is 63.8 Å². The molecule has 1 fully saturated rings.